The number of fused-ring (bicyclic) bond motifs is 3. The van der Waals surface area contributed by atoms with Crippen molar-refractivity contribution in [2.75, 3.05) is 5.06 Å². The van der Waals surface area contributed by atoms with Crippen molar-refractivity contribution in [3.05, 3.63) is 34.9 Å². The third-order valence-electron chi connectivity index (χ3n) is 6.12. The minimum absolute atomic E-state index is 0.159. The van der Waals surface area contributed by atoms with E-state index < -0.39 is 0 Å². The second kappa shape index (κ2) is 7.67. The number of carbonyl (C=O) groups is 1. The Bertz CT molecular complexity index is 750. The molecular weight excluding hydrogens is 338 g/mol. The zero-order valence-corrected chi connectivity index (χ0v) is 17.3. The molecule has 27 heavy (non-hydrogen) atoms. The average Bonchev–Trinajstić information content (AvgIpc) is 2.59. The fourth-order valence-electron chi connectivity index (χ4n) is 4.65. The number of rotatable bonds is 5. The summed E-state index contributed by atoms with van der Waals surface area (Å²) in [6, 6.07) is 4.10. The van der Waals surface area contributed by atoms with E-state index in [1.165, 1.54) is 18.9 Å². The standard InChI is InChI=1S/C23H33NO3/c1-6-7-8-9-17-13-20(24(26)16(3)25)22-18-12-15(2)10-11-19(18)23(4,5)27-21(22)14-17/h12-14,18-19,26H,6-11H2,1-5H3. The number of ether oxygens (including phenoxy) is 1. The van der Waals surface area contributed by atoms with Gasteiger partial charge in [0.05, 0.1) is 5.69 Å². The van der Waals surface area contributed by atoms with Crippen LogP contribution in [0.5, 0.6) is 5.75 Å². The molecular formula is C23H33NO3. The molecule has 1 aliphatic carbocycles. The molecule has 1 aromatic carbocycles. The van der Waals surface area contributed by atoms with E-state index in [1.807, 2.05) is 6.07 Å². The molecule has 2 unspecified atom stereocenters. The zero-order valence-electron chi connectivity index (χ0n) is 17.3. The highest BCUT2D eigenvalue weighted by Crippen LogP contribution is 2.53. The van der Waals surface area contributed by atoms with Crippen LogP contribution < -0.4 is 9.80 Å². The molecule has 3 rings (SSSR count). The maximum absolute atomic E-state index is 12.0. The number of aryl methyl sites for hydroxylation is 1. The summed E-state index contributed by atoms with van der Waals surface area (Å²) in [6.45, 7) is 10.1. The first kappa shape index (κ1) is 19.9. The summed E-state index contributed by atoms with van der Waals surface area (Å²) in [4.78, 5) is 12.0. The monoisotopic (exact) mass is 371 g/mol. The van der Waals surface area contributed by atoms with Crippen LogP contribution in [0.2, 0.25) is 0 Å². The van der Waals surface area contributed by atoms with Crippen LogP contribution in [-0.4, -0.2) is 16.7 Å². The van der Waals surface area contributed by atoms with E-state index in [9.17, 15) is 10.0 Å². The molecule has 2 atom stereocenters. The van der Waals surface area contributed by atoms with Crippen LogP contribution in [0.3, 0.4) is 0 Å². The van der Waals surface area contributed by atoms with Gasteiger partial charge in [0.1, 0.15) is 11.4 Å². The van der Waals surface area contributed by atoms with Crippen molar-refractivity contribution in [3.8, 4) is 5.75 Å². The Morgan fingerprint density at radius 2 is 2.07 bits per heavy atom. The first-order chi connectivity index (χ1) is 12.7. The van der Waals surface area contributed by atoms with Crippen LogP contribution in [0.15, 0.2) is 23.8 Å². The third kappa shape index (κ3) is 3.91. The molecule has 1 N–H and O–H groups in total. The number of hydrogen-bond acceptors (Lipinski definition) is 3. The number of benzene rings is 1. The Labute approximate surface area is 163 Å². The number of anilines is 1. The lowest BCUT2D eigenvalue weighted by molar-refractivity contribution is -0.121. The first-order valence-electron chi connectivity index (χ1n) is 10.3. The van der Waals surface area contributed by atoms with Gasteiger partial charge in [-0.1, -0.05) is 31.4 Å². The maximum atomic E-state index is 12.0. The molecule has 0 aromatic heterocycles. The first-order valence-corrected chi connectivity index (χ1v) is 10.3. The van der Waals surface area contributed by atoms with Gasteiger partial charge in [0.15, 0.2) is 0 Å². The van der Waals surface area contributed by atoms with Crippen molar-refractivity contribution < 1.29 is 14.7 Å². The zero-order chi connectivity index (χ0) is 19.8. The molecule has 4 heteroatoms. The van der Waals surface area contributed by atoms with Gasteiger partial charge in [-0.25, -0.2) is 0 Å². The number of nitrogens with zero attached hydrogens (tertiary/aromatic N) is 1. The van der Waals surface area contributed by atoms with E-state index in [2.05, 4.69) is 39.8 Å². The fraction of sp³-hybridized carbons (Fsp3) is 0.609. The van der Waals surface area contributed by atoms with Gasteiger partial charge in [-0.3, -0.25) is 10.0 Å². The third-order valence-corrected chi connectivity index (χ3v) is 6.12. The van der Waals surface area contributed by atoms with Gasteiger partial charge in [-0.2, -0.15) is 5.06 Å². The Morgan fingerprint density at radius 3 is 2.74 bits per heavy atom. The largest absolute Gasteiger partial charge is 0.487 e. The molecule has 0 bridgehead atoms. The highest BCUT2D eigenvalue weighted by Gasteiger charge is 2.45. The highest BCUT2D eigenvalue weighted by molar-refractivity contribution is 5.91. The van der Waals surface area contributed by atoms with Crippen molar-refractivity contribution in [2.24, 2.45) is 5.92 Å². The summed E-state index contributed by atoms with van der Waals surface area (Å²) < 4.78 is 6.46. The summed E-state index contributed by atoms with van der Waals surface area (Å²) in [5, 5.41) is 11.3. The molecule has 1 aliphatic heterocycles. The van der Waals surface area contributed by atoms with Crippen LogP contribution in [-0.2, 0) is 11.2 Å². The molecule has 0 saturated heterocycles. The smallest absolute Gasteiger partial charge is 0.247 e. The number of amides is 1. The number of hydroxylamine groups is 1. The van der Waals surface area contributed by atoms with Gasteiger partial charge in [-0.15, -0.1) is 0 Å². The molecule has 1 amide bonds. The summed E-state index contributed by atoms with van der Waals surface area (Å²) >= 11 is 0. The van der Waals surface area contributed by atoms with Crippen molar-refractivity contribution >= 4 is 11.6 Å². The number of allylic oxidation sites excluding steroid dienone is 2. The van der Waals surface area contributed by atoms with Crippen LogP contribution in [0, 0.1) is 5.92 Å². The second-order valence-corrected chi connectivity index (χ2v) is 8.70. The molecule has 4 nitrogen and oxygen atoms in total. The van der Waals surface area contributed by atoms with Crippen molar-refractivity contribution in [3.63, 3.8) is 0 Å². The van der Waals surface area contributed by atoms with Gasteiger partial charge >= 0.3 is 0 Å². The highest BCUT2D eigenvalue weighted by atomic mass is 16.5. The average molecular weight is 372 g/mol. The van der Waals surface area contributed by atoms with E-state index in [-0.39, 0.29) is 17.4 Å². The number of hydrogen-bond donors (Lipinski definition) is 1. The van der Waals surface area contributed by atoms with Crippen molar-refractivity contribution in [1.82, 2.24) is 0 Å². The lowest BCUT2D eigenvalue weighted by atomic mass is 9.67. The number of unbranched alkanes of at least 4 members (excludes halogenated alkanes) is 2. The Balaban J connectivity index is 2.13. The molecule has 148 valence electrons. The van der Waals surface area contributed by atoms with E-state index in [4.69, 9.17) is 4.74 Å². The van der Waals surface area contributed by atoms with E-state index in [0.29, 0.717) is 11.6 Å². The quantitative estimate of drug-likeness (QED) is 0.309. The van der Waals surface area contributed by atoms with Gasteiger partial charge < -0.3 is 4.74 Å². The second-order valence-electron chi connectivity index (χ2n) is 8.70. The SMILES string of the molecule is CCCCCc1cc2c(c(N(O)C(C)=O)c1)C1C=C(C)CCC1C(C)(C)O2. The molecule has 1 aromatic rings. The molecule has 0 saturated carbocycles. The van der Waals surface area contributed by atoms with E-state index in [1.54, 1.807) is 0 Å². The van der Waals surface area contributed by atoms with Gasteiger partial charge in [0.2, 0.25) is 5.91 Å². The van der Waals surface area contributed by atoms with Gasteiger partial charge in [0.25, 0.3) is 0 Å². The Kier molecular flexibility index (Phi) is 5.66. The summed E-state index contributed by atoms with van der Waals surface area (Å²) in [5.74, 6) is 0.933. The minimum Gasteiger partial charge on any atom is -0.487 e. The molecule has 0 fully saturated rings. The molecule has 2 aliphatic rings. The van der Waals surface area contributed by atoms with Crippen molar-refractivity contribution in [1.29, 1.82) is 0 Å². The topological polar surface area (TPSA) is 49.8 Å². The number of carbonyl (C=O) groups excluding carboxylic acids is 1. The summed E-state index contributed by atoms with van der Waals surface area (Å²) in [6.07, 6.45) is 8.79. The molecule has 0 spiro atoms. The normalized spacial score (nSPS) is 23.0. The minimum atomic E-state index is -0.374. The Morgan fingerprint density at radius 1 is 1.33 bits per heavy atom. The predicted molar refractivity (Wildman–Crippen MR) is 109 cm³/mol. The lowest BCUT2D eigenvalue weighted by Gasteiger charge is -2.47. The van der Waals surface area contributed by atoms with Crippen LogP contribution >= 0.6 is 0 Å². The lowest BCUT2D eigenvalue weighted by Crippen LogP contribution is -2.45. The summed E-state index contributed by atoms with van der Waals surface area (Å²) in [7, 11) is 0. The van der Waals surface area contributed by atoms with E-state index in [0.717, 1.165) is 54.0 Å². The van der Waals surface area contributed by atoms with Crippen molar-refractivity contribution in [2.45, 2.75) is 84.7 Å². The maximum Gasteiger partial charge on any atom is 0.247 e. The predicted octanol–water partition coefficient (Wildman–Crippen LogP) is 5.77. The van der Waals surface area contributed by atoms with Crippen LogP contribution in [0.25, 0.3) is 0 Å². The van der Waals surface area contributed by atoms with Crippen LogP contribution in [0.4, 0.5) is 5.69 Å². The molecule has 0 radical (unpaired) electrons. The fourth-order valence-corrected chi connectivity index (χ4v) is 4.65. The van der Waals surface area contributed by atoms with Crippen LogP contribution in [0.1, 0.15) is 83.8 Å². The van der Waals surface area contributed by atoms with Gasteiger partial charge in [0, 0.05) is 24.3 Å². The Hall–Kier alpha value is -1.81. The van der Waals surface area contributed by atoms with Gasteiger partial charge in [-0.05, 0) is 64.2 Å². The van der Waals surface area contributed by atoms with E-state index >= 15 is 0 Å². The summed E-state index contributed by atoms with van der Waals surface area (Å²) in [5.41, 5.74) is 3.75. The molecule has 1 heterocycles.